The van der Waals surface area contributed by atoms with Crippen LogP contribution >= 0.6 is 0 Å². The second-order valence-corrected chi connectivity index (χ2v) is 7.43. The number of esters is 2. The third-order valence-corrected chi connectivity index (χ3v) is 5.14. The number of ether oxygens (including phenoxy) is 4. The van der Waals surface area contributed by atoms with Crippen LogP contribution in [-0.2, 0) is 21.9 Å². The lowest BCUT2D eigenvalue weighted by atomic mass is 9.90. The first kappa shape index (κ1) is 26.6. The molecule has 36 heavy (non-hydrogen) atoms. The second kappa shape index (κ2) is 9.59. The molecule has 0 bridgehead atoms. The van der Waals surface area contributed by atoms with E-state index in [9.17, 15) is 35.9 Å². The summed E-state index contributed by atoms with van der Waals surface area (Å²) in [6.07, 6.45) is -10.3. The van der Waals surface area contributed by atoms with Crippen LogP contribution in [0.1, 0.15) is 28.4 Å². The summed E-state index contributed by atoms with van der Waals surface area (Å²) in [4.78, 5) is 24.4. The monoisotopic (exact) mass is 516 g/mol. The predicted octanol–water partition coefficient (Wildman–Crippen LogP) is 6.27. The molecule has 6 nitrogen and oxygen atoms in total. The van der Waals surface area contributed by atoms with Gasteiger partial charge in [0.25, 0.3) is 0 Å². The van der Waals surface area contributed by atoms with E-state index in [0.29, 0.717) is 12.1 Å². The SMILES string of the molecule is COC(=O)c1cc(OC(C)=O)c2cc(OC)c(OC)cc2c1-c1cc(C(F)(F)F)cc(C(F)(F)F)c1. The molecular weight excluding hydrogens is 498 g/mol. The molecule has 0 radical (unpaired) electrons. The molecule has 0 saturated carbocycles. The Morgan fingerprint density at radius 1 is 0.694 bits per heavy atom. The van der Waals surface area contributed by atoms with Gasteiger partial charge in [-0.1, -0.05) is 0 Å². The van der Waals surface area contributed by atoms with Gasteiger partial charge in [0.05, 0.1) is 38.0 Å². The van der Waals surface area contributed by atoms with Gasteiger partial charge in [-0.2, -0.15) is 26.3 Å². The normalized spacial score (nSPS) is 11.8. The smallest absolute Gasteiger partial charge is 0.416 e. The lowest BCUT2D eigenvalue weighted by Gasteiger charge is -2.20. The van der Waals surface area contributed by atoms with E-state index in [0.717, 1.165) is 20.1 Å². The second-order valence-electron chi connectivity index (χ2n) is 7.43. The maximum atomic E-state index is 13.6. The number of hydrogen-bond donors (Lipinski definition) is 0. The topological polar surface area (TPSA) is 71.1 Å². The van der Waals surface area contributed by atoms with Gasteiger partial charge in [0.1, 0.15) is 5.75 Å². The van der Waals surface area contributed by atoms with Crippen molar-refractivity contribution in [1.29, 1.82) is 0 Å². The highest BCUT2D eigenvalue weighted by Gasteiger charge is 2.37. The van der Waals surface area contributed by atoms with Crippen LogP contribution in [0.4, 0.5) is 26.3 Å². The van der Waals surface area contributed by atoms with E-state index in [1.165, 1.54) is 26.4 Å². The number of alkyl halides is 6. The Morgan fingerprint density at radius 3 is 1.61 bits per heavy atom. The molecule has 12 heteroatoms. The average Bonchev–Trinajstić information content (AvgIpc) is 2.80. The van der Waals surface area contributed by atoms with E-state index in [1.54, 1.807) is 0 Å². The van der Waals surface area contributed by atoms with Gasteiger partial charge in [-0.15, -0.1) is 0 Å². The third-order valence-electron chi connectivity index (χ3n) is 5.14. The minimum absolute atomic E-state index is 0.0274. The van der Waals surface area contributed by atoms with Crippen molar-refractivity contribution in [2.45, 2.75) is 19.3 Å². The number of fused-ring (bicyclic) bond motifs is 1. The summed E-state index contributed by atoms with van der Waals surface area (Å²) in [7, 11) is 3.53. The molecule has 0 atom stereocenters. The molecule has 0 saturated heterocycles. The summed E-state index contributed by atoms with van der Waals surface area (Å²) < 4.78 is 102. The Hall–Kier alpha value is -3.96. The van der Waals surface area contributed by atoms with Gasteiger partial charge in [0.2, 0.25) is 0 Å². The highest BCUT2D eigenvalue weighted by molar-refractivity contribution is 6.11. The fourth-order valence-electron chi connectivity index (χ4n) is 3.64. The van der Waals surface area contributed by atoms with Crippen LogP contribution in [0.15, 0.2) is 36.4 Å². The predicted molar refractivity (Wildman–Crippen MR) is 115 cm³/mol. The molecule has 3 aromatic rings. The van der Waals surface area contributed by atoms with E-state index in [2.05, 4.69) is 0 Å². The molecule has 0 aromatic heterocycles. The highest BCUT2D eigenvalue weighted by atomic mass is 19.4. The van der Waals surface area contributed by atoms with Gasteiger partial charge in [0.15, 0.2) is 11.5 Å². The van der Waals surface area contributed by atoms with Crippen LogP contribution in [0.25, 0.3) is 21.9 Å². The molecule has 0 heterocycles. The zero-order chi connectivity index (χ0) is 27.0. The summed E-state index contributed by atoms with van der Waals surface area (Å²) in [5.41, 5.74) is -4.52. The molecule has 192 valence electrons. The Balaban J connectivity index is 2.59. The molecule has 0 aliphatic carbocycles. The molecule has 0 N–H and O–H groups in total. The number of carbonyl (C=O) groups excluding carboxylic acids is 2. The Bertz CT molecular complexity index is 1310. The van der Waals surface area contributed by atoms with Gasteiger partial charge < -0.3 is 18.9 Å². The minimum atomic E-state index is -5.13. The van der Waals surface area contributed by atoms with E-state index >= 15 is 0 Å². The zero-order valence-electron chi connectivity index (χ0n) is 19.2. The number of methoxy groups -OCH3 is 3. The quantitative estimate of drug-likeness (QED) is 0.226. The van der Waals surface area contributed by atoms with Gasteiger partial charge in [-0.05, 0) is 47.3 Å². The van der Waals surface area contributed by atoms with Crippen molar-refractivity contribution in [2.75, 3.05) is 21.3 Å². The van der Waals surface area contributed by atoms with E-state index in [4.69, 9.17) is 18.9 Å². The zero-order valence-corrected chi connectivity index (χ0v) is 19.2. The summed E-state index contributed by atoms with van der Waals surface area (Å²) >= 11 is 0. The van der Waals surface area contributed by atoms with E-state index in [-0.39, 0.29) is 39.7 Å². The molecule has 0 amide bonds. The molecular formula is C24H18F6O6. The van der Waals surface area contributed by atoms with Crippen molar-refractivity contribution in [3.05, 3.63) is 53.1 Å². The summed E-state index contributed by atoms with van der Waals surface area (Å²) in [6.45, 7) is 1.07. The van der Waals surface area contributed by atoms with Gasteiger partial charge >= 0.3 is 24.3 Å². The highest BCUT2D eigenvalue weighted by Crippen LogP contribution is 2.46. The molecule has 0 aliphatic heterocycles. The van der Waals surface area contributed by atoms with Crippen LogP contribution in [0.5, 0.6) is 17.2 Å². The third kappa shape index (κ3) is 5.16. The number of halogens is 6. The number of rotatable bonds is 5. The Morgan fingerprint density at radius 2 is 1.19 bits per heavy atom. The lowest BCUT2D eigenvalue weighted by molar-refractivity contribution is -0.143. The van der Waals surface area contributed by atoms with Gasteiger partial charge in [-0.3, -0.25) is 4.79 Å². The summed E-state index contributed by atoms with van der Waals surface area (Å²) in [5, 5.41) is -0.00396. The van der Waals surface area contributed by atoms with Gasteiger partial charge in [-0.25, -0.2) is 4.79 Å². The average molecular weight is 516 g/mol. The number of hydrogen-bond acceptors (Lipinski definition) is 6. The number of benzene rings is 3. The molecule has 3 rings (SSSR count). The first-order chi connectivity index (χ1) is 16.7. The first-order valence-corrected chi connectivity index (χ1v) is 10.0. The van der Waals surface area contributed by atoms with Crippen LogP contribution in [-0.4, -0.2) is 33.3 Å². The molecule has 0 aliphatic rings. The lowest BCUT2D eigenvalue weighted by Crippen LogP contribution is -2.12. The molecule has 0 spiro atoms. The van der Waals surface area contributed by atoms with Crippen molar-refractivity contribution < 1.29 is 54.9 Å². The number of carbonyl (C=O) groups is 2. The standard InChI is InChI=1S/C24H18F6O6/c1-11(31)36-18-10-17(22(32)35-4)21(16-9-20(34-3)19(33-2)8-15(16)18)12-5-13(23(25,26)27)7-14(6-12)24(28,29)30/h5-10H,1-4H3. The summed E-state index contributed by atoms with van der Waals surface area (Å²) in [5.74, 6) is -1.93. The van der Waals surface area contributed by atoms with Crippen LogP contribution in [0, 0.1) is 0 Å². The van der Waals surface area contributed by atoms with Crippen molar-refractivity contribution in [2.24, 2.45) is 0 Å². The fraction of sp³-hybridized carbons (Fsp3) is 0.250. The largest absolute Gasteiger partial charge is 0.493 e. The van der Waals surface area contributed by atoms with Crippen LogP contribution in [0.2, 0.25) is 0 Å². The van der Waals surface area contributed by atoms with Crippen molar-refractivity contribution in [1.82, 2.24) is 0 Å². The van der Waals surface area contributed by atoms with Gasteiger partial charge in [0, 0.05) is 17.9 Å². The minimum Gasteiger partial charge on any atom is -0.493 e. The molecule has 3 aromatic carbocycles. The Labute approximate surface area is 200 Å². The van der Waals surface area contributed by atoms with E-state index < -0.39 is 46.5 Å². The van der Waals surface area contributed by atoms with Crippen LogP contribution in [0.3, 0.4) is 0 Å². The first-order valence-electron chi connectivity index (χ1n) is 10.0. The van der Waals surface area contributed by atoms with Crippen LogP contribution < -0.4 is 14.2 Å². The van der Waals surface area contributed by atoms with Crippen molar-refractivity contribution >= 4 is 22.7 Å². The summed E-state index contributed by atoms with van der Waals surface area (Å²) in [6, 6.07) is 4.51. The molecule has 0 fully saturated rings. The maximum absolute atomic E-state index is 13.6. The molecule has 0 unspecified atom stereocenters. The Kier molecular flexibility index (Phi) is 7.10. The van der Waals surface area contributed by atoms with Crippen molar-refractivity contribution in [3.8, 4) is 28.4 Å². The van der Waals surface area contributed by atoms with E-state index in [1.807, 2.05) is 0 Å². The maximum Gasteiger partial charge on any atom is 0.416 e. The fourth-order valence-corrected chi connectivity index (χ4v) is 3.64. The van der Waals surface area contributed by atoms with Crippen molar-refractivity contribution in [3.63, 3.8) is 0 Å².